The van der Waals surface area contributed by atoms with E-state index in [1.165, 1.54) is 0 Å². The molecule has 0 saturated carbocycles. The second-order valence-corrected chi connectivity index (χ2v) is 0. The second-order valence-electron chi connectivity index (χ2n) is 0. The molecule has 0 aromatic heterocycles. The fraction of sp³-hybridized carbons (Fsp3) is 1.00. The first-order valence-corrected chi connectivity index (χ1v) is 2.00. The molecule has 0 aliphatic rings. The molecule has 0 fully saturated rings. The van der Waals surface area contributed by atoms with Crippen molar-refractivity contribution in [3.63, 3.8) is 0 Å². The molecule has 0 aliphatic carbocycles. The Morgan fingerprint density at radius 3 is 0.667 bits per heavy atom. The van der Waals surface area contributed by atoms with Crippen LogP contribution in [0.15, 0.2) is 0 Å². The van der Waals surface area contributed by atoms with Crippen molar-refractivity contribution in [1.29, 1.82) is 0 Å². The first-order valence-electron chi connectivity index (χ1n) is 2.00. The molecule has 0 radical (unpaired) electrons. The molecule has 0 aliphatic heterocycles. The Labute approximate surface area is 49.4 Å². The van der Waals surface area contributed by atoms with Gasteiger partial charge in [-0.1, -0.05) is 35.1 Å². The summed E-state index contributed by atoms with van der Waals surface area (Å²) in [5, 5.41) is 0. The summed E-state index contributed by atoms with van der Waals surface area (Å²) >= 11 is 0. The van der Waals surface area contributed by atoms with Crippen LogP contribution in [-0.4, -0.2) is 0 Å². The number of hydrogen-bond donors (Lipinski definition) is 0. The zero-order valence-electron chi connectivity index (χ0n) is 4.50. The average Bonchev–Trinajstić information content (AvgIpc) is 1.50. The highest BCUT2D eigenvalue weighted by Gasteiger charge is 0.934. The minimum absolute atomic E-state index is 0. The second kappa shape index (κ2) is 826. The van der Waals surface area contributed by atoms with Gasteiger partial charge in [0.1, 0.15) is 0 Å². The SMILES string of the molecule is C.CC.CC.S. The van der Waals surface area contributed by atoms with Gasteiger partial charge in [-0.15, -0.1) is 0 Å². The lowest BCUT2D eigenvalue weighted by molar-refractivity contribution is 1.50. The van der Waals surface area contributed by atoms with Gasteiger partial charge >= 0.3 is 0 Å². The van der Waals surface area contributed by atoms with E-state index in [1.54, 1.807) is 0 Å². The lowest BCUT2D eigenvalue weighted by Crippen LogP contribution is -0.856. The van der Waals surface area contributed by atoms with Crippen molar-refractivity contribution in [2.45, 2.75) is 35.1 Å². The highest BCUT2D eigenvalue weighted by molar-refractivity contribution is 7.59. The van der Waals surface area contributed by atoms with E-state index >= 15 is 0 Å². The van der Waals surface area contributed by atoms with Gasteiger partial charge in [0.2, 0.25) is 0 Å². The van der Waals surface area contributed by atoms with Crippen LogP contribution in [0, 0.1) is 0 Å². The Morgan fingerprint density at radius 1 is 0.667 bits per heavy atom. The quantitative estimate of drug-likeness (QED) is 0.450. The van der Waals surface area contributed by atoms with Crippen molar-refractivity contribution in [1.82, 2.24) is 0 Å². The Balaban J connectivity index is -0.00000000500. The molecular formula is C5H18S. The maximum Gasteiger partial charge on any atom is -0.0683 e. The summed E-state index contributed by atoms with van der Waals surface area (Å²) in [5.74, 6) is 0. The minimum atomic E-state index is 0. The Bertz CT molecular complexity index is 3.90. The van der Waals surface area contributed by atoms with Crippen LogP contribution in [0.25, 0.3) is 0 Å². The van der Waals surface area contributed by atoms with E-state index in [-0.39, 0.29) is 20.9 Å². The summed E-state index contributed by atoms with van der Waals surface area (Å²) in [7, 11) is 0. The fourth-order valence-corrected chi connectivity index (χ4v) is 0. The molecule has 44 valence electrons. The third-order valence-electron chi connectivity index (χ3n) is 0. The summed E-state index contributed by atoms with van der Waals surface area (Å²) in [5.41, 5.74) is 0. The van der Waals surface area contributed by atoms with Crippen molar-refractivity contribution in [3.05, 3.63) is 0 Å². The molecule has 0 spiro atoms. The average molecular weight is 110 g/mol. The maximum atomic E-state index is 2.00. The van der Waals surface area contributed by atoms with E-state index in [4.69, 9.17) is 0 Å². The van der Waals surface area contributed by atoms with Crippen LogP contribution in [0.4, 0.5) is 0 Å². The molecule has 1 heteroatoms. The van der Waals surface area contributed by atoms with Crippen LogP contribution < -0.4 is 0 Å². The molecule has 6 heavy (non-hydrogen) atoms. The molecule has 0 amide bonds. The number of hydrogen-bond acceptors (Lipinski definition) is 0. The molecule has 0 bridgehead atoms. The lowest BCUT2D eigenvalue weighted by Gasteiger charge is -1.07. The molecule has 0 unspecified atom stereocenters. The van der Waals surface area contributed by atoms with Crippen LogP contribution >= 0.6 is 13.5 Å². The minimum Gasteiger partial charge on any atom is -0.197 e. The normalized spacial score (nSPS) is 2.00. The molecule has 0 aromatic rings. The van der Waals surface area contributed by atoms with Gasteiger partial charge in [0.15, 0.2) is 0 Å². The predicted octanol–water partition coefficient (Wildman–Crippen LogP) is 2.80. The van der Waals surface area contributed by atoms with E-state index in [2.05, 4.69) is 0 Å². The van der Waals surface area contributed by atoms with Crippen LogP contribution in [0.3, 0.4) is 0 Å². The zero-order chi connectivity index (χ0) is 4.00. The van der Waals surface area contributed by atoms with Gasteiger partial charge < -0.3 is 0 Å². The zero-order valence-corrected chi connectivity index (χ0v) is 5.50. The van der Waals surface area contributed by atoms with Gasteiger partial charge in [-0.2, -0.15) is 13.5 Å². The van der Waals surface area contributed by atoms with Crippen molar-refractivity contribution >= 4 is 13.5 Å². The van der Waals surface area contributed by atoms with Crippen LogP contribution in [0.1, 0.15) is 35.1 Å². The molecule has 0 nitrogen and oxygen atoms in total. The van der Waals surface area contributed by atoms with Gasteiger partial charge in [0, 0.05) is 0 Å². The first-order chi connectivity index (χ1) is 2.00. The van der Waals surface area contributed by atoms with Gasteiger partial charge in [-0.05, 0) is 0 Å². The van der Waals surface area contributed by atoms with Crippen molar-refractivity contribution in [2.75, 3.05) is 0 Å². The standard InChI is InChI=1S/2C2H6.CH4.H2S/c2*1-2;;/h2*1-2H3;1H4;1H2. The smallest absolute Gasteiger partial charge is 0.0683 e. The monoisotopic (exact) mass is 110 g/mol. The van der Waals surface area contributed by atoms with Crippen molar-refractivity contribution in [3.8, 4) is 0 Å². The van der Waals surface area contributed by atoms with Crippen LogP contribution in [-0.2, 0) is 0 Å². The molecule has 0 rings (SSSR count). The van der Waals surface area contributed by atoms with Gasteiger partial charge in [-0.25, -0.2) is 0 Å². The predicted molar refractivity (Wildman–Crippen MR) is 39.8 cm³/mol. The Kier molecular flexibility index (Phi) is 4530. The summed E-state index contributed by atoms with van der Waals surface area (Å²) < 4.78 is 0. The summed E-state index contributed by atoms with van der Waals surface area (Å²) in [6.45, 7) is 8.00. The lowest BCUT2D eigenvalue weighted by atomic mass is 11.0. The van der Waals surface area contributed by atoms with Crippen LogP contribution in [0.5, 0.6) is 0 Å². The molecular weight excluding hydrogens is 92.1 g/mol. The van der Waals surface area contributed by atoms with E-state index in [9.17, 15) is 0 Å². The molecule has 0 saturated heterocycles. The summed E-state index contributed by atoms with van der Waals surface area (Å²) in [6, 6.07) is 0. The third-order valence-corrected chi connectivity index (χ3v) is 0. The summed E-state index contributed by atoms with van der Waals surface area (Å²) in [6.07, 6.45) is 0. The Hall–Kier alpha value is 0.350. The highest BCUT2D eigenvalue weighted by Crippen LogP contribution is 1.15. The van der Waals surface area contributed by atoms with Crippen LogP contribution in [0.2, 0.25) is 0 Å². The maximum absolute atomic E-state index is 2.00. The van der Waals surface area contributed by atoms with Gasteiger partial charge in [0.05, 0.1) is 0 Å². The molecule has 0 N–H and O–H groups in total. The topological polar surface area (TPSA) is 0 Å². The Morgan fingerprint density at radius 2 is 0.667 bits per heavy atom. The van der Waals surface area contributed by atoms with E-state index in [1.807, 2.05) is 27.7 Å². The molecule has 0 heterocycles. The molecule has 0 aromatic carbocycles. The third kappa shape index (κ3) is 399. The summed E-state index contributed by atoms with van der Waals surface area (Å²) in [4.78, 5) is 0. The molecule has 0 atom stereocenters. The number of rotatable bonds is 0. The van der Waals surface area contributed by atoms with E-state index < -0.39 is 0 Å². The largest absolute Gasteiger partial charge is 0.197 e. The fourth-order valence-electron chi connectivity index (χ4n) is 0. The van der Waals surface area contributed by atoms with Gasteiger partial charge in [-0.3, -0.25) is 0 Å². The van der Waals surface area contributed by atoms with E-state index in [0.717, 1.165) is 0 Å². The highest BCUT2D eigenvalue weighted by atomic mass is 32.1. The first kappa shape index (κ1) is 32.9. The van der Waals surface area contributed by atoms with Crippen molar-refractivity contribution in [2.24, 2.45) is 0 Å². The van der Waals surface area contributed by atoms with Gasteiger partial charge in [0.25, 0.3) is 0 Å². The van der Waals surface area contributed by atoms with Crippen molar-refractivity contribution < 1.29 is 0 Å². The van der Waals surface area contributed by atoms with E-state index in [0.29, 0.717) is 0 Å².